The first kappa shape index (κ1) is 12.0. The van der Waals surface area contributed by atoms with Crippen LogP contribution in [0.25, 0.3) is 0 Å². The Balaban J connectivity index is 1.80. The van der Waals surface area contributed by atoms with Crippen LogP contribution in [0.15, 0.2) is 5.38 Å². The monoisotopic (exact) mass is 239 g/mol. The third-order valence-electron chi connectivity index (χ3n) is 2.89. The van der Waals surface area contributed by atoms with Gasteiger partial charge in [0, 0.05) is 37.1 Å². The highest BCUT2D eigenvalue weighted by atomic mass is 32.1. The van der Waals surface area contributed by atoms with Crippen LogP contribution in [0.1, 0.15) is 31.0 Å². The molecule has 1 saturated heterocycles. The van der Waals surface area contributed by atoms with Crippen LogP contribution >= 0.6 is 11.3 Å². The second-order valence-corrected chi connectivity index (χ2v) is 5.96. The highest BCUT2D eigenvalue weighted by Crippen LogP contribution is 2.15. The number of aryl methyl sites for hydroxylation is 1. The predicted octanol–water partition coefficient (Wildman–Crippen LogP) is 2.02. The van der Waals surface area contributed by atoms with E-state index in [4.69, 9.17) is 0 Å². The Morgan fingerprint density at radius 2 is 2.44 bits per heavy atom. The molecule has 4 heteroatoms. The van der Waals surface area contributed by atoms with E-state index in [2.05, 4.69) is 41.4 Å². The summed E-state index contributed by atoms with van der Waals surface area (Å²) in [6, 6.07) is 1.26. The molecule has 0 spiro atoms. The SMILES string of the molecule is Cc1nc(CN2CCC(NC(C)C)C2)cs1. The minimum Gasteiger partial charge on any atom is -0.310 e. The molecule has 1 aliphatic rings. The summed E-state index contributed by atoms with van der Waals surface area (Å²) in [6.45, 7) is 9.87. The van der Waals surface area contributed by atoms with E-state index in [1.165, 1.54) is 23.7 Å². The second-order valence-electron chi connectivity index (χ2n) is 4.90. The zero-order chi connectivity index (χ0) is 11.5. The molecule has 0 saturated carbocycles. The fourth-order valence-corrected chi connectivity index (χ4v) is 2.90. The highest BCUT2D eigenvalue weighted by Gasteiger charge is 2.22. The highest BCUT2D eigenvalue weighted by molar-refractivity contribution is 7.09. The summed E-state index contributed by atoms with van der Waals surface area (Å²) in [6.07, 6.45) is 1.27. The van der Waals surface area contributed by atoms with Gasteiger partial charge in [-0.05, 0) is 13.3 Å². The number of aromatic nitrogens is 1. The minimum atomic E-state index is 0.589. The maximum atomic E-state index is 4.52. The Morgan fingerprint density at radius 3 is 3.06 bits per heavy atom. The van der Waals surface area contributed by atoms with Gasteiger partial charge in [0.15, 0.2) is 0 Å². The molecule has 1 unspecified atom stereocenters. The third kappa shape index (κ3) is 3.27. The number of nitrogens with zero attached hydrogens (tertiary/aromatic N) is 2. The van der Waals surface area contributed by atoms with E-state index in [1.807, 2.05) is 0 Å². The summed E-state index contributed by atoms with van der Waals surface area (Å²) in [5, 5.41) is 6.95. The Kier molecular flexibility index (Phi) is 3.95. The van der Waals surface area contributed by atoms with Gasteiger partial charge in [0.25, 0.3) is 0 Å². The quantitative estimate of drug-likeness (QED) is 0.871. The number of thiazole rings is 1. The molecule has 1 fully saturated rings. The first-order valence-corrected chi connectivity index (χ1v) is 6.91. The van der Waals surface area contributed by atoms with Gasteiger partial charge in [0.1, 0.15) is 0 Å². The molecular weight excluding hydrogens is 218 g/mol. The largest absolute Gasteiger partial charge is 0.310 e. The van der Waals surface area contributed by atoms with Crippen molar-refractivity contribution in [2.24, 2.45) is 0 Å². The molecule has 1 N–H and O–H groups in total. The molecule has 1 aromatic heterocycles. The number of likely N-dealkylation sites (tertiary alicyclic amines) is 1. The first-order chi connectivity index (χ1) is 7.63. The predicted molar refractivity (Wildman–Crippen MR) is 68.8 cm³/mol. The van der Waals surface area contributed by atoms with Gasteiger partial charge in [0.2, 0.25) is 0 Å². The number of hydrogen-bond acceptors (Lipinski definition) is 4. The average Bonchev–Trinajstić information content (AvgIpc) is 2.76. The zero-order valence-corrected chi connectivity index (χ0v) is 11.2. The van der Waals surface area contributed by atoms with Crippen molar-refractivity contribution < 1.29 is 0 Å². The maximum absolute atomic E-state index is 4.52. The molecule has 2 heterocycles. The van der Waals surface area contributed by atoms with E-state index >= 15 is 0 Å². The summed E-state index contributed by atoms with van der Waals surface area (Å²) in [7, 11) is 0. The fourth-order valence-electron chi connectivity index (χ4n) is 2.29. The molecule has 0 aromatic carbocycles. The van der Waals surface area contributed by atoms with Crippen LogP contribution in [0, 0.1) is 6.92 Å². The van der Waals surface area contributed by atoms with Gasteiger partial charge in [-0.2, -0.15) is 0 Å². The lowest BCUT2D eigenvalue weighted by atomic mass is 10.2. The lowest BCUT2D eigenvalue weighted by Gasteiger charge is -2.17. The third-order valence-corrected chi connectivity index (χ3v) is 3.72. The van der Waals surface area contributed by atoms with Crippen molar-refractivity contribution in [2.75, 3.05) is 13.1 Å². The van der Waals surface area contributed by atoms with Gasteiger partial charge in [0.05, 0.1) is 10.7 Å². The van der Waals surface area contributed by atoms with E-state index < -0.39 is 0 Å². The van der Waals surface area contributed by atoms with Crippen molar-refractivity contribution in [3.63, 3.8) is 0 Å². The molecule has 2 rings (SSSR count). The van der Waals surface area contributed by atoms with Crippen LogP contribution in [0.5, 0.6) is 0 Å². The molecule has 0 radical (unpaired) electrons. The number of rotatable bonds is 4. The lowest BCUT2D eigenvalue weighted by molar-refractivity contribution is 0.314. The molecule has 16 heavy (non-hydrogen) atoms. The van der Waals surface area contributed by atoms with Crippen molar-refractivity contribution >= 4 is 11.3 Å². The Morgan fingerprint density at radius 1 is 1.62 bits per heavy atom. The van der Waals surface area contributed by atoms with Gasteiger partial charge >= 0.3 is 0 Å². The van der Waals surface area contributed by atoms with Crippen molar-refractivity contribution in [2.45, 2.75) is 45.8 Å². The first-order valence-electron chi connectivity index (χ1n) is 6.03. The van der Waals surface area contributed by atoms with Crippen molar-refractivity contribution in [1.29, 1.82) is 0 Å². The Bertz CT molecular complexity index is 335. The van der Waals surface area contributed by atoms with E-state index in [9.17, 15) is 0 Å². The summed E-state index contributed by atoms with van der Waals surface area (Å²) in [5.74, 6) is 0. The normalized spacial score (nSPS) is 22.1. The molecule has 1 aliphatic heterocycles. The molecule has 0 aliphatic carbocycles. The van der Waals surface area contributed by atoms with Crippen LogP contribution < -0.4 is 5.32 Å². The summed E-state index contributed by atoms with van der Waals surface area (Å²) >= 11 is 1.75. The van der Waals surface area contributed by atoms with Gasteiger partial charge in [-0.1, -0.05) is 13.8 Å². The van der Waals surface area contributed by atoms with E-state index in [0.29, 0.717) is 12.1 Å². The van der Waals surface area contributed by atoms with E-state index in [-0.39, 0.29) is 0 Å². The van der Waals surface area contributed by atoms with Crippen LogP contribution in [0.3, 0.4) is 0 Å². The summed E-state index contributed by atoms with van der Waals surface area (Å²) in [5.41, 5.74) is 1.23. The number of nitrogens with one attached hydrogen (secondary N) is 1. The minimum absolute atomic E-state index is 0.589. The molecule has 0 bridgehead atoms. The maximum Gasteiger partial charge on any atom is 0.0897 e. The summed E-state index contributed by atoms with van der Waals surface area (Å²) in [4.78, 5) is 7.01. The van der Waals surface area contributed by atoms with Crippen LogP contribution in [-0.2, 0) is 6.54 Å². The topological polar surface area (TPSA) is 28.2 Å². The van der Waals surface area contributed by atoms with Crippen molar-refractivity contribution in [3.8, 4) is 0 Å². The number of hydrogen-bond donors (Lipinski definition) is 1. The van der Waals surface area contributed by atoms with Gasteiger partial charge < -0.3 is 5.32 Å². The second kappa shape index (κ2) is 5.25. The zero-order valence-electron chi connectivity index (χ0n) is 10.4. The Hall–Kier alpha value is -0.450. The van der Waals surface area contributed by atoms with Gasteiger partial charge in [-0.15, -0.1) is 11.3 Å². The molecule has 1 atom stereocenters. The molecule has 3 nitrogen and oxygen atoms in total. The van der Waals surface area contributed by atoms with E-state index in [1.54, 1.807) is 11.3 Å². The molecular formula is C12H21N3S. The molecule has 90 valence electrons. The van der Waals surface area contributed by atoms with E-state index in [0.717, 1.165) is 13.1 Å². The summed E-state index contributed by atoms with van der Waals surface area (Å²) < 4.78 is 0. The average molecular weight is 239 g/mol. The van der Waals surface area contributed by atoms with Crippen LogP contribution in [0.4, 0.5) is 0 Å². The van der Waals surface area contributed by atoms with Gasteiger partial charge in [-0.25, -0.2) is 4.98 Å². The van der Waals surface area contributed by atoms with Crippen LogP contribution in [-0.4, -0.2) is 35.1 Å². The lowest BCUT2D eigenvalue weighted by Crippen LogP contribution is -2.36. The Labute approximate surface area is 102 Å². The molecule has 0 amide bonds. The van der Waals surface area contributed by atoms with Crippen LogP contribution in [0.2, 0.25) is 0 Å². The molecule has 1 aromatic rings. The smallest absolute Gasteiger partial charge is 0.0897 e. The van der Waals surface area contributed by atoms with Crippen molar-refractivity contribution in [3.05, 3.63) is 16.1 Å². The fraction of sp³-hybridized carbons (Fsp3) is 0.750. The van der Waals surface area contributed by atoms with Gasteiger partial charge in [-0.3, -0.25) is 4.90 Å². The van der Waals surface area contributed by atoms with Crippen molar-refractivity contribution in [1.82, 2.24) is 15.2 Å². The standard InChI is InChI=1S/C12H21N3S/c1-9(2)13-11-4-5-15(6-11)7-12-8-16-10(3)14-12/h8-9,11,13H,4-7H2,1-3H3.